The molecule has 2 aromatic rings. The molecule has 0 fully saturated rings. The number of hydrogen-bond acceptors (Lipinski definition) is 3. The molecule has 0 aliphatic rings. The summed E-state index contributed by atoms with van der Waals surface area (Å²) in [6, 6.07) is 13.0. The van der Waals surface area contributed by atoms with Crippen molar-refractivity contribution in [3.05, 3.63) is 53.1 Å². The quantitative estimate of drug-likeness (QED) is 0.836. The smallest absolute Gasteiger partial charge is 0.146 e. The lowest BCUT2D eigenvalue weighted by atomic mass is 10.2. The first-order chi connectivity index (χ1) is 9.56. The standard InChI is InChI=1S/C16H18ClNO2/c1-11(2)20-16-9-13(7-8-15(16)18)19-10-12-5-3-4-6-14(12)17/h3-9,11H,10,18H2,1-2H3. The first kappa shape index (κ1) is 14.5. The van der Waals surface area contributed by atoms with Crippen molar-refractivity contribution in [2.45, 2.75) is 26.6 Å². The first-order valence-electron chi connectivity index (χ1n) is 6.48. The molecule has 2 rings (SSSR count). The lowest BCUT2D eigenvalue weighted by Gasteiger charge is -2.14. The number of nitrogen functional groups attached to an aromatic ring is 1. The molecule has 0 aromatic heterocycles. The predicted molar refractivity (Wildman–Crippen MR) is 82.4 cm³/mol. The number of rotatable bonds is 5. The zero-order valence-corrected chi connectivity index (χ0v) is 12.4. The van der Waals surface area contributed by atoms with Crippen LogP contribution in [0, 0.1) is 0 Å². The highest BCUT2D eigenvalue weighted by atomic mass is 35.5. The largest absolute Gasteiger partial charge is 0.489 e. The van der Waals surface area contributed by atoms with Gasteiger partial charge in [-0.2, -0.15) is 0 Å². The van der Waals surface area contributed by atoms with Crippen molar-refractivity contribution in [3.8, 4) is 11.5 Å². The van der Waals surface area contributed by atoms with Gasteiger partial charge in [-0.15, -0.1) is 0 Å². The van der Waals surface area contributed by atoms with E-state index in [4.69, 9.17) is 26.8 Å². The third-order valence-corrected chi connectivity index (χ3v) is 3.07. The van der Waals surface area contributed by atoms with Crippen LogP contribution in [0.3, 0.4) is 0 Å². The van der Waals surface area contributed by atoms with Crippen molar-refractivity contribution in [1.29, 1.82) is 0 Å². The summed E-state index contributed by atoms with van der Waals surface area (Å²) in [5.41, 5.74) is 7.41. The van der Waals surface area contributed by atoms with Crippen molar-refractivity contribution in [3.63, 3.8) is 0 Å². The fraction of sp³-hybridized carbons (Fsp3) is 0.250. The first-order valence-corrected chi connectivity index (χ1v) is 6.86. The van der Waals surface area contributed by atoms with E-state index in [-0.39, 0.29) is 6.10 Å². The van der Waals surface area contributed by atoms with Crippen molar-refractivity contribution < 1.29 is 9.47 Å². The number of anilines is 1. The molecule has 0 amide bonds. The Morgan fingerprint density at radius 1 is 1.15 bits per heavy atom. The van der Waals surface area contributed by atoms with Gasteiger partial charge in [0.2, 0.25) is 0 Å². The van der Waals surface area contributed by atoms with Gasteiger partial charge < -0.3 is 15.2 Å². The molecule has 0 radical (unpaired) electrons. The Morgan fingerprint density at radius 3 is 2.60 bits per heavy atom. The highest BCUT2D eigenvalue weighted by Gasteiger charge is 2.06. The second-order valence-corrected chi connectivity index (χ2v) is 5.15. The number of nitrogens with two attached hydrogens (primary N) is 1. The molecule has 0 heterocycles. The van der Waals surface area contributed by atoms with E-state index in [0.717, 1.165) is 5.56 Å². The van der Waals surface area contributed by atoms with Crippen molar-refractivity contribution >= 4 is 17.3 Å². The summed E-state index contributed by atoms with van der Waals surface area (Å²) in [6.07, 6.45) is 0.0658. The van der Waals surface area contributed by atoms with Gasteiger partial charge in [-0.1, -0.05) is 29.8 Å². The highest BCUT2D eigenvalue weighted by molar-refractivity contribution is 6.31. The average Bonchev–Trinajstić information content (AvgIpc) is 2.40. The molecule has 106 valence electrons. The van der Waals surface area contributed by atoms with Gasteiger partial charge in [-0.3, -0.25) is 0 Å². The van der Waals surface area contributed by atoms with Gasteiger partial charge in [0, 0.05) is 16.7 Å². The third kappa shape index (κ3) is 3.81. The molecule has 0 aliphatic heterocycles. The summed E-state index contributed by atoms with van der Waals surface area (Å²) >= 11 is 6.09. The Morgan fingerprint density at radius 2 is 1.90 bits per heavy atom. The SMILES string of the molecule is CC(C)Oc1cc(OCc2ccccc2Cl)ccc1N. The Bertz CT molecular complexity index is 584. The van der Waals surface area contributed by atoms with E-state index in [0.29, 0.717) is 28.8 Å². The lowest BCUT2D eigenvalue weighted by Crippen LogP contribution is -2.07. The molecule has 2 N–H and O–H groups in total. The summed E-state index contributed by atoms with van der Waals surface area (Å²) in [4.78, 5) is 0. The molecule has 0 saturated heterocycles. The Labute approximate surface area is 124 Å². The van der Waals surface area contributed by atoms with Crippen LogP contribution in [0.15, 0.2) is 42.5 Å². The fourth-order valence-corrected chi connectivity index (χ4v) is 1.93. The van der Waals surface area contributed by atoms with Crippen molar-refractivity contribution in [2.75, 3.05) is 5.73 Å². The Balaban J connectivity index is 2.08. The molecule has 4 heteroatoms. The molecular weight excluding hydrogens is 274 g/mol. The second-order valence-electron chi connectivity index (χ2n) is 4.75. The summed E-state index contributed by atoms with van der Waals surface area (Å²) in [5.74, 6) is 1.34. The second kappa shape index (κ2) is 6.53. The lowest BCUT2D eigenvalue weighted by molar-refractivity contribution is 0.241. The van der Waals surface area contributed by atoms with E-state index >= 15 is 0 Å². The van der Waals surface area contributed by atoms with Crippen LogP contribution in [0.2, 0.25) is 5.02 Å². The zero-order chi connectivity index (χ0) is 14.5. The average molecular weight is 292 g/mol. The van der Waals surface area contributed by atoms with Gasteiger partial charge in [-0.25, -0.2) is 0 Å². The molecule has 0 aliphatic carbocycles. The number of ether oxygens (including phenoxy) is 2. The van der Waals surface area contributed by atoms with Crippen molar-refractivity contribution in [2.24, 2.45) is 0 Å². The fourth-order valence-electron chi connectivity index (χ4n) is 1.74. The van der Waals surface area contributed by atoms with Gasteiger partial charge in [0.05, 0.1) is 11.8 Å². The summed E-state index contributed by atoms with van der Waals surface area (Å²) in [7, 11) is 0. The van der Waals surface area contributed by atoms with Crippen LogP contribution in [-0.2, 0) is 6.61 Å². The van der Waals surface area contributed by atoms with Gasteiger partial charge >= 0.3 is 0 Å². The topological polar surface area (TPSA) is 44.5 Å². The van der Waals surface area contributed by atoms with Crippen LogP contribution in [0.4, 0.5) is 5.69 Å². The van der Waals surface area contributed by atoms with Crippen LogP contribution in [-0.4, -0.2) is 6.10 Å². The van der Waals surface area contributed by atoms with Crippen molar-refractivity contribution in [1.82, 2.24) is 0 Å². The van der Waals surface area contributed by atoms with Crippen LogP contribution in [0.25, 0.3) is 0 Å². The van der Waals surface area contributed by atoms with Gasteiger partial charge in [0.25, 0.3) is 0 Å². The zero-order valence-electron chi connectivity index (χ0n) is 11.6. The van der Waals surface area contributed by atoms with E-state index in [1.165, 1.54) is 0 Å². The molecule has 0 spiro atoms. The van der Waals surface area contributed by atoms with Crippen LogP contribution >= 0.6 is 11.6 Å². The van der Waals surface area contributed by atoms with E-state index in [9.17, 15) is 0 Å². The van der Waals surface area contributed by atoms with Crippen LogP contribution < -0.4 is 15.2 Å². The van der Waals surface area contributed by atoms with Gasteiger partial charge in [0.15, 0.2) is 0 Å². The minimum absolute atomic E-state index is 0.0658. The van der Waals surface area contributed by atoms with Gasteiger partial charge in [0.1, 0.15) is 18.1 Å². The molecule has 3 nitrogen and oxygen atoms in total. The maximum atomic E-state index is 6.09. The minimum atomic E-state index is 0.0658. The number of benzene rings is 2. The molecule has 0 bridgehead atoms. The van der Waals surface area contributed by atoms with Crippen LogP contribution in [0.5, 0.6) is 11.5 Å². The van der Waals surface area contributed by atoms with E-state index in [1.807, 2.05) is 44.2 Å². The molecule has 2 aromatic carbocycles. The monoisotopic (exact) mass is 291 g/mol. The summed E-state index contributed by atoms with van der Waals surface area (Å²) in [6.45, 7) is 4.32. The molecule has 0 saturated carbocycles. The van der Waals surface area contributed by atoms with Crippen LogP contribution in [0.1, 0.15) is 19.4 Å². The minimum Gasteiger partial charge on any atom is -0.489 e. The summed E-state index contributed by atoms with van der Waals surface area (Å²) in [5, 5.41) is 0.696. The van der Waals surface area contributed by atoms with E-state index in [2.05, 4.69) is 0 Å². The molecule has 0 unspecified atom stereocenters. The van der Waals surface area contributed by atoms with E-state index < -0.39 is 0 Å². The Hall–Kier alpha value is -1.87. The third-order valence-electron chi connectivity index (χ3n) is 2.70. The van der Waals surface area contributed by atoms with E-state index in [1.54, 1.807) is 12.1 Å². The Kier molecular flexibility index (Phi) is 4.74. The molecule has 20 heavy (non-hydrogen) atoms. The predicted octanol–water partition coefficient (Wildman–Crippen LogP) is 4.29. The highest BCUT2D eigenvalue weighted by Crippen LogP contribution is 2.28. The number of hydrogen-bond donors (Lipinski definition) is 1. The maximum absolute atomic E-state index is 6.09. The molecule has 0 atom stereocenters. The molecular formula is C16H18ClNO2. The normalized spacial score (nSPS) is 10.6. The van der Waals surface area contributed by atoms with Gasteiger partial charge in [-0.05, 0) is 32.0 Å². The number of halogens is 1. The maximum Gasteiger partial charge on any atom is 0.146 e. The summed E-state index contributed by atoms with van der Waals surface area (Å²) < 4.78 is 11.4.